The van der Waals surface area contributed by atoms with Crippen molar-refractivity contribution < 1.29 is 34.7 Å². The second-order valence-corrected chi connectivity index (χ2v) is 2.29. The van der Waals surface area contributed by atoms with Crippen molar-refractivity contribution in [3.8, 4) is 0 Å². The molecule has 1 aliphatic carbocycles. The Morgan fingerprint density at radius 3 is 1.75 bits per heavy atom. The van der Waals surface area contributed by atoms with Gasteiger partial charge in [-0.3, -0.25) is 0 Å². The fraction of sp³-hybridized carbons (Fsp3) is 1.00. The first-order chi connectivity index (χ1) is 3.39. The average molecular weight is 123 g/mol. The summed E-state index contributed by atoms with van der Waals surface area (Å²) in [4.78, 5) is 0. The first kappa shape index (κ1) is 8.96. The van der Waals surface area contributed by atoms with Crippen molar-refractivity contribution >= 4 is 0 Å². The molecule has 0 aromatic heterocycles. The molecule has 1 nitrogen and oxygen atoms in total. The molecule has 0 aliphatic heterocycles. The van der Waals surface area contributed by atoms with Crippen LogP contribution in [0.25, 0.3) is 0 Å². The van der Waals surface area contributed by atoms with Crippen LogP contribution in [0.4, 0.5) is 0 Å². The minimum absolute atomic E-state index is 0. The molecule has 0 radical (unpaired) electrons. The summed E-state index contributed by atoms with van der Waals surface area (Å²) in [7, 11) is 0. The smallest absolute Gasteiger partial charge is 0.393 e. The van der Waals surface area contributed by atoms with Gasteiger partial charge in [0.05, 0.1) is 6.10 Å². The van der Waals surface area contributed by atoms with Crippen LogP contribution in [0, 0.1) is 0 Å². The van der Waals surface area contributed by atoms with E-state index in [0.29, 0.717) is 0 Å². The Bertz CT molecular complexity index is 50.5. The van der Waals surface area contributed by atoms with Gasteiger partial charge in [-0.05, 0) is 12.8 Å². The largest absolute Gasteiger partial charge is 1.00 e. The van der Waals surface area contributed by atoms with Crippen LogP contribution < -0.4 is 29.6 Å². The topological polar surface area (TPSA) is 20.2 Å². The van der Waals surface area contributed by atoms with Gasteiger partial charge < -0.3 is 5.11 Å². The van der Waals surface area contributed by atoms with E-state index in [-0.39, 0.29) is 35.7 Å². The molecule has 0 spiro atoms. The third kappa shape index (κ3) is 3.08. The van der Waals surface area contributed by atoms with Crippen molar-refractivity contribution in [3.05, 3.63) is 0 Å². The number of rotatable bonds is 0. The molecule has 2 heteroatoms. The molecule has 0 aromatic rings. The second kappa shape index (κ2) is 4.80. The Morgan fingerprint density at radius 2 is 1.50 bits per heavy atom. The molecular formula is C6H12NaO+. The van der Waals surface area contributed by atoms with Crippen molar-refractivity contribution in [2.75, 3.05) is 0 Å². The minimum atomic E-state index is 0. The van der Waals surface area contributed by atoms with Crippen LogP contribution in [0.15, 0.2) is 0 Å². The van der Waals surface area contributed by atoms with E-state index in [1.165, 1.54) is 19.3 Å². The van der Waals surface area contributed by atoms with Gasteiger partial charge in [-0.15, -0.1) is 0 Å². The summed E-state index contributed by atoms with van der Waals surface area (Å²) in [5, 5.41) is 8.91. The molecule has 0 saturated heterocycles. The standard InChI is InChI=1S/C6H12O.Na/c7-6-4-2-1-3-5-6;/h6-7H,1-5H2;/q;+1. The van der Waals surface area contributed by atoms with Crippen LogP contribution in [0.1, 0.15) is 32.1 Å². The molecule has 1 rings (SSSR count). The van der Waals surface area contributed by atoms with Crippen molar-refractivity contribution in [2.45, 2.75) is 38.2 Å². The molecule has 42 valence electrons. The van der Waals surface area contributed by atoms with Crippen LogP contribution in [0.5, 0.6) is 0 Å². The number of hydrogen-bond donors (Lipinski definition) is 1. The van der Waals surface area contributed by atoms with Gasteiger partial charge in [-0.25, -0.2) is 0 Å². The van der Waals surface area contributed by atoms with Crippen molar-refractivity contribution in [2.24, 2.45) is 0 Å². The summed E-state index contributed by atoms with van der Waals surface area (Å²) in [6.45, 7) is 0. The van der Waals surface area contributed by atoms with Gasteiger partial charge in [0.1, 0.15) is 0 Å². The molecule has 0 bridgehead atoms. The Balaban J connectivity index is 0.000000490. The predicted molar refractivity (Wildman–Crippen MR) is 29.1 cm³/mol. The SMILES string of the molecule is OC1CCCCC1.[Na+]. The van der Waals surface area contributed by atoms with E-state index in [2.05, 4.69) is 0 Å². The van der Waals surface area contributed by atoms with Gasteiger partial charge in [0.15, 0.2) is 0 Å². The zero-order valence-corrected chi connectivity index (χ0v) is 7.56. The van der Waals surface area contributed by atoms with Crippen molar-refractivity contribution in [3.63, 3.8) is 0 Å². The summed E-state index contributed by atoms with van der Waals surface area (Å²) in [5.41, 5.74) is 0. The maximum atomic E-state index is 8.91. The maximum absolute atomic E-state index is 8.91. The van der Waals surface area contributed by atoms with Crippen LogP contribution >= 0.6 is 0 Å². The van der Waals surface area contributed by atoms with Gasteiger partial charge >= 0.3 is 29.6 Å². The first-order valence-corrected chi connectivity index (χ1v) is 3.07. The van der Waals surface area contributed by atoms with E-state index in [1.54, 1.807) is 0 Å². The molecule has 1 saturated carbocycles. The number of hydrogen-bond acceptors (Lipinski definition) is 1. The summed E-state index contributed by atoms with van der Waals surface area (Å²) < 4.78 is 0. The van der Waals surface area contributed by atoms with E-state index in [1.807, 2.05) is 0 Å². The zero-order chi connectivity index (χ0) is 5.11. The number of aliphatic hydroxyl groups is 1. The third-order valence-corrected chi connectivity index (χ3v) is 1.57. The molecular weight excluding hydrogens is 111 g/mol. The van der Waals surface area contributed by atoms with E-state index >= 15 is 0 Å². The summed E-state index contributed by atoms with van der Waals surface area (Å²) >= 11 is 0. The monoisotopic (exact) mass is 123 g/mol. The maximum Gasteiger partial charge on any atom is 1.00 e. The fourth-order valence-electron chi connectivity index (χ4n) is 1.08. The summed E-state index contributed by atoms with van der Waals surface area (Å²) in [6, 6.07) is 0. The zero-order valence-electron chi connectivity index (χ0n) is 5.56. The Hall–Kier alpha value is 0.960. The second-order valence-electron chi connectivity index (χ2n) is 2.29. The van der Waals surface area contributed by atoms with Crippen LogP contribution in [-0.4, -0.2) is 11.2 Å². The van der Waals surface area contributed by atoms with Gasteiger partial charge in [-0.1, -0.05) is 19.3 Å². The van der Waals surface area contributed by atoms with Crippen LogP contribution in [0.3, 0.4) is 0 Å². The first-order valence-electron chi connectivity index (χ1n) is 3.07. The van der Waals surface area contributed by atoms with Crippen LogP contribution in [0.2, 0.25) is 0 Å². The average Bonchev–Trinajstić information content (AvgIpc) is 1.69. The number of aliphatic hydroxyl groups excluding tert-OH is 1. The molecule has 8 heavy (non-hydrogen) atoms. The quantitative estimate of drug-likeness (QED) is 0.381. The molecule has 0 heterocycles. The molecule has 0 atom stereocenters. The van der Waals surface area contributed by atoms with E-state index in [0.717, 1.165) is 12.8 Å². The molecule has 0 unspecified atom stereocenters. The van der Waals surface area contributed by atoms with Crippen molar-refractivity contribution in [1.82, 2.24) is 0 Å². The Morgan fingerprint density at radius 1 is 1.00 bits per heavy atom. The third-order valence-electron chi connectivity index (χ3n) is 1.57. The van der Waals surface area contributed by atoms with Gasteiger partial charge in [0.2, 0.25) is 0 Å². The molecule has 1 aliphatic rings. The molecule has 1 fully saturated rings. The Kier molecular flexibility index (Phi) is 5.38. The van der Waals surface area contributed by atoms with Gasteiger partial charge in [0, 0.05) is 0 Å². The molecule has 0 aromatic carbocycles. The van der Waals surface area contributed by atoms with E-state index in [9.17, 15) is 0 Å². The Labute approximate surface area is 72.8 Å². The summed E-state index contributed by atoms with van der Waals surface area (Å²) in [5.74, 6) is 0. The van der Waals surface area contributed by atoms with E-state index < -0.39 is 0 Å². The molecule has 0 amide bonds. The summed E-state index contributed by atoms with van der Waals surface area (Å²) in [6.07, 6.45) is 5.92. The fourth-order valence-corrected chi connectivity index (χ4v) is 1.08. The van der Waals surface area contributed by atoms with Gasteiger partial charge in [0.25, 0.3) is 0 Å². The predicted octanol–water partition coefficient (Wildman–Crippen LogP) is -1.68. The normalized spacial score (nSPS) is 22.1. The minimum Gasteiger partial charge on any atom is -0.393 e. The van der Waals surface area contributed by atoms with E-state index in [4.69, 9.17) is 5.11 Å². The van der Waals surface area contributed by atoms with Gasteiger partial charge in [-0.2, -0.15) is 0 Å². The molecule has 1 N–H and O–H groups in total. The van der Waals surface area contributed by atoms with Crippen LogP contribution in [-0.2, 0) is 0 Å². The van der Waals surface area contributed by atoms with Crippen molar-refractivity contribution in [1.29, 1.82) is 0 Å².